The van der Waals surface area contributed by atoms with E-state index < -0.39 is 22.8 Å². The molecule has 0 fully saturated rings. The van der Waals surface area contributed by atoms with Gasteiger partial charge in [-0.1, -0.05) is 28.9 Å². The third-order valence-corrected chi connectivity index (χ3v) is 6.31. The maximum atomic E-state index is 12.5. The number of carbonyl (C=O) groups excluding carboxylic acids is 2. The zero-order valence-corrected chi connectivity index (χ0v) is 22.7. The first-order valence-electron chi connectivity index (χ1n) is 11.1. The normalized spacial score (nSPS) is 12.2. The molecule has 0 saturated heterocycles. The van der Waals surface area contributed by atoms with Crippen molar-refractivity contribution < 1.29 is 23.1 Å². The first kappa shape index (κ1) is 28.0. The third kappa shape index (κ3) is 8.85. The van der Waals surface area contributed by atoms with Crippen LogP contribution in [-0.4, -0.2) is 38.3 Å². The van der Waals surface area contributed by atoms with Gasteiger partial charge in [-0.25, -0.2) is 9.00 Å². The summed E-state index contributed by atoms with van der Waals surface area (Å²) < 4.78 is 27.8. The van der Waals surface area contributed by atoms with Crippen LogP contribution in [0, 0.1) is 0 Å². The largest absolute Gasteiger partial charge is 0.444 e. The van der Waals surface area contributed by atoms with E-state index in [2.05, 4.69) is 40.3 Å². The average Bonchev–Trinajstić information content (AvgIpc) is 2.73. The molecule has 0 spiro atoms. The maximum absolute atomic E-state index is 12.5. The summed E-state index contributed by atoms with van der Waals surface area (Å²) in [6.45, 7) is 7.47. The molecule has 0 aromatic heterocycles. The van der Waals surface area contributed by atoms with Gasteiger partial charge < -0.3 is 19.5 Å². The Labute approximate surface area is 212 Å². The molecular weight excluding hydrogens is 520 g/mol. The Bertz CT molecular complexity index is 1050. The lowest BCUT2D eigenvalue weighted by molar-refractivity contribution is -0.116. The number of hydrogen-bond donors (Lipinski definition) is 2. The predicted molar refractivity (Wildman–Crippen MR) is 138 cm³/mol. The molecule has 0 saturated carbocycles. The van der Waals surface area contributed by atoms with Gasteiger partial charge >= 0.3 is 6.09 Å². The molecule has 2 aromatic rings. The summed E-state index contributed by atoms with van der Waals surface area (Å²) in [5.74, 6) is -0.139. The topological polar surface area (TPSA) is 95.9 Å². The molecule has 1 atom stereocenters. The van der Waals surface area contributed by atoms with Crippen LogP contribution in [0.4, 0.5) is 10.5 Å². The second-order valence-corrected chi connectivity index (χ2v) is 10.9. The van der Waals surface area contributed by atoms with Crippen molar-refractivity contribution in [3.63, 3.8) is 0 Å². The van der Waals surface area contributed by atoms with E-state index >= 15 is 0 Å². The van der Waals surface area contributed by atoms with Gasteiger partial charge in [-0.15, -0.1) is 0 Å². The number of anilines is 1. The van der Waals surface area contributed by atoms with Crippen molar-refractivity contribution >= 4 is 44.7 Å². The first-order chi connectivity index (χ1) is 15.9. The molecule has 0 heterocycles. The highest BCUT2D eigenvalue weighted by atomic mass is 79.9. The Morgan fingerprint density at radius 1 is 1.12 bits per heavy atom. The quantitative estimate of drug-likeness (QED) is 0.376. The van der Waals surface area contributed by atoms with Gasteiger partial charge in [0.15, 0.2) is 11.1 Å². The van der Waals surface area contributed by atoms with Crippen LogP contribution in [0.1, 0.15) is 57.2 Å². The van der Waals surface area contributed by atoms with Gasteiger partial charge in [0, 0.05) is 23.6 Å². The van der Waals surface area contributed by atoms with E-state index in [1.165, 1.54) is 22.1 Å². The van der Waals surface area contributed by atoms with E-state index in [1.54, 1.807) is 40.0 Å². The van der Waals surface area contributed by atoms with Crippen LogP contribution in [0.2, 0.25) is 0 Å². The van der Waals surface area contributed by atoms with Crippen LogP contribution in [0.5, 0.6) is 0 Å². The fourth-order valence-corrected chi connectivity index (χ4v) is 4.38. The molecule has 9 heteroatoms. The van der Waals surface area contributed by atoms with Gasteiger partial charge in [0.05, 0.1) is 11.4 Å². The van der Waals surface area contributed by atoms with E-state index in [9.17, 15) is 18.4 Å². The zero-order valence-electron chi connectivity index (χ0n) is 20.3. The van der Waals surface area contributed by atoms with E-state index in [4.69, 9.17) is 4.74 Å². The van der Waals surface area contributed by atoms with Crippen molar-refractivity contribution in [1.29, 1.82) is 0 Å². The average molecular weight is 554 g/mol. The Balaban J connectivity index is 2.03. The molecule has 0 aliphatic heterocycles. The van der Waals surface area contributed by atoms with E-state index in [0.29, 0.717) is 24.1 Å². The van der Waals surface area contributed by atoms with Crippen LogP contribution < -0.4 is 5.32 Å². The number of ether oxygens (including phenoxy) is 1. The summed E-state index contributed by atoms with van der Waals surface area (Å²) in [6, 6.07) is 10.9. The Morgan fingerprint density at radius 2 is 1.82 bits per heavy atom. The zero-order chi connectivity index (χ0) is 25.5. The fourth-order valence-electron chi connectivity index (χ4n) is 3.44. The lowest BCUT2D eigenvalue weighted by atomic mass is 10.00. The summed E-state index contributed by atoms with van der Waals surface area (Å²) >= 11 is 1.26. The summed E-state index contributed by atoms with van der Waals surface area (Å²) in [7, 11) is 1.55. The van der Waals surface area contributed by atoms with Crippen molar-refractivity contribution in [3.8, 4) is 0 Å². The highest BCUT2D eigenvalue weighted by Gasteiger charge is 2.21. The number of rotatable bonds is 9. The Morgan fingerprint density at radius 3 is 2.44 bits per heavy atom. The highest BCUT2D eigenvalue weighted by molar-refractivity contribution is 9.10. The fraction of sp³-hybridized carbons (Fsp3) is 0.440. The van der Waals surface area contributed by atoms with E-state index in [-0.39, 0.29) is 17.3 Å². The molecule has 0 radical (unpaired) electrons. The van der Waals surface area contributed by atoms with Crippen molar-refractivity contribution in [2.75, 3.05) is 12.4 Å². The first-order valence-corrected chi connectivity index (χ1v) is 13.0. The van der Waals surface area contributed by atoms with Crippen LogP contribution in [0.3, 0.4) is 0 Å². The molecule has 0 bridgehead atoms. The Kier molecular flexibility index (Phi) is 10.3. The third-order valence-electron chi connectivity index (χ3n) is 5.04. The number of carbonyl (C=O) groups is 2. The van der Waals surface area contributed by atoms with Crippen molar-refractivity contribution in [3.05, 3.63) is 57.6 Å². The smallest absolute Gasteiger partial charge is 0.410 e. The monoisotopic (exact) mass is 552 g/mol. The molecule has 2 rings (SSSR count). The van der Waals surface area contributed by atoms with Crippen molar-refractivity contribution in [2.45, 2.75) is 70.4 Å². The summed E-state index contributed by atoms with van der Waals surface area (Å²) in [6.07, 6.45) is 2.24. The van der Waals surface area contributed by atoms with Crippen LogP contribution in [-0.2, 0) is 40.0 Å². The molecule has 186 valence electrons. The van der Waals surface area contributed by atoms with E-state index in [1.807, 2.05) is 6.07 Å². The summed E-state index contributed by atoms with van der Waals surface area (Å²) in [5.41, 5.74) is 2.80. The van der Waals surface area contributed by atoms with Gasteiger partial charge in [0.25, 0.3) is 0 Å². The number of benzene rings is 2. The minimum Gasteiger partial charge on any atom is -0.444 e. The number of halogens is 1. The molecule has 7 nitrogen and oxygen atoms in total. The van der Waals surface area contributed by atoms with Gasteiger partial charge in [-0.05, 0) is 87.1 Å². The summed E-state index contributed by atoms with van der Waals surface area (Å²) in [4.78, 5) is 26.3. The lowest BCUT2D eigenvalue weighted by Crippen LogP contribution is -2.34. The van der Waals surface area contributed by atoms with E-state index in [0.717, 1.165) is 17.3 Å². The molecule has 1 unspecified atom stereocenters. The number of aryl methyl sites for hydroxylation is 2. The van der Waals surface area contributed by atoms with Gasteiger partial charge in [-0.3, -0.25) is 4.79 Å². The summed E-state index contributed by atoms with van der Waals surface area (Å²) in [5, 5.41) is 2.85. The molecule has 34 heavy (non-hydrogen) atoms. The molecule has 2 aromatic carbocycles. The minimum absolute atomic E-state index is 0.0591. The number of hydrogen-bond acceptors (Lipinski definition) is 4. The number of amides is 2. The molecule has 2 N–H and O–H groups in total. The van der Waals surface area contributed by atoms with Crippen molar-refractivity contribution in [1.82, 2.24) is 4.90 Å². The standard InChI is InChI=1S/C25H33BrN2O5S/c1-6-17-14-20(26)11-10-18(17)8-7-9-23(29)27-21-12-13-22(34(31)32)19(15-21)16-28(5)24(30)33-25(2,3)4/h10-15H,6-9,16H2,1-5H3,(H,27,29)(H,31,32). The highest BCUT2D eigenvalue weighted by Crippen LogP contribution is 2.22. The predicted octanol–water partition coefficient (Wildman–Crippen LogP) is 5.92. The van der Waals surface area contributed by atoms with Crippen LogP contribution >= 0.6 is 15.9 Å². The second kappa shape index (κ2) is 12.5. The van der Waals surface area contributed by atoms with Crippen molar-refractivity contribution in [2.24, 2.45) is 0 Å². The van der Waals surface area contributed by atoms with Crippen LogP contribution in [0.15, 0.2) is 45.8 Å². The van der Waals surface area contributed by atoms with Gasteiger partial charge in [0.2, 0.25) is 5.91 Å². The Hall–Kier alpha value is -2.23. The molecule has 2 amide bonds. The molecule has 0 aliphatic rings. The van der Waals surface area contributed by atoms with Gasteiger partial charge in [0.1, 0.15) is 5.60 Å². The molecular formula is C25H33BrN2O5S. The van der Waals surface area contributed by atoms with Crippen LogP contribution in [0.25, 0.3) is 0 Å². The second-order valence-electron chi connectivity index (χ2n) is 9.08. The minimum atomic E-state index is -2.24. The maximum Gasteiger partial charge on any atom is 0.410 e. The number of nitrogens with zero attached hydrogens (tertiary/aromatic N) is 1. The lowest BCUT2D eigenvalue weighted by Gasteiger charge is -2.25. The SMILES string of the molecule is CCc1cc(Br)ccc1CCCC(=O)Nc1ccc(S(=O)O)c(CN(C)C(=O)OC(C)(C)C)c1. The number of nitrogens with one attached hydrogen (secondary N) is 1. The van der Waals surface area contributed by atoms with Gasteiger partial charge in [-0.2, -0.15) is 0 Å². The molecule has 0 aliphatic carbocycles.